The first-order valence-electron chi connectivity index (χ1n) is 4.29. The van der Waals surface area contributed by atoms with E-state index >= 15 is 0 Å². The van der Waals surface area contributed by atoms with E-state index in [0.717, 1.165) is 21.1 Å². The van der Waals surface area contributed by atoms with Crippen LogP contribution in [0.3, 0.4) is 0 Å². The molecule has 2 rings (SSSR count). The van der Waals surface area contributed by atoms with Crippen molar-refractivity contribution in [3.8, 4) is 10.6 Å². The Balaban J connectivity index is 2.43. The molecule has 2 aromatic rings. The third kappa shape index (κ3) is 1.66. The lowest BCUT2D eigenvalue weighted by molar-refractivity contribution is 0.284. The molecule has 0 saturated carbocycles. The lowest BCUT2D eigenvalue weighted by atomic mass is 10.3. The molecule has 1 N–H and O–H groups in total. The van der Waals surface area contributed by atoms with Gasteiger partial charge in [0.25, 0.3) is 0 Å². The van der Waals surface area contributed by atoms with Gasteiger partial charge in [0.05, 0.1) is 17.2 Å². The fraction of sp³-hybridized carbons (Fsp3) is 0.200. The highest BCUT2D eigenvalue weighted by molar-refractivity contribution is 7.15. The van der Waals surface area contributed by atoms with Gasteiger partial charge in [-0.1, -0.05) is 0 Å². The second-order valence-electron chi connectivity index (χ2n) is 2.92. The van der Waals surface area contributed by atoms with Crippen molar-refractivity contribution in [3.63, 3.8) is 0 Å². The molecule has 0 fully saturated rings. The summed E-state index contributed by atoms with van der Waals surface area (Å²) in [5, 5.41) is 9.98. The van der Waals surface area contributed by atoms with Gasteiger partial charge in [-0.2, -0.15) is 0 Å². The maximum Gasteiger partial charge on any atom is 0.124 e. The Hall–Kier alpha value is -1.26. The van der Waals surface area contributed by atoms with Gasteiger partial charge in [0, 0.05) is 18.0 Å². The van der Waals surface area contributed by atoms with Crippen molar-refractivity contribution in [3.05, 3.63) is 35.1 Å². The number of hydrogen-bond donors (Lipinski definition) is 1. The minimum Gasteiger partial charge on any atom is -0.391 e. The summed E-state index contributed by atoms with van der Waals surface area (Å²) in [4.78, 5) is 9.26. The van der Waals surface area contributed by atoms with Gasteiger partial charge in [-0.05, 0) is 19.1 Å². The molecule has 0 aliphatic rings. The number of hydrogen-bond acceptors (Lipinski definition) is 4. The van der Waals surface area contributed by atoms with Gasteiger partial charge >= 0.3 is 0 Å². The Morgan fingerprint density at radius 2 is 2.07 bits per heavy atom. The summed E-state index contributed by atoms with van der Waals surface area (Å²) in [6.45, 7) is 1.97. The molecule has 0 unspecified atom stereocenters. The first kappa shape index (κ1) is 9.30. The fourth-order valence-corrected chi connectivity index (χ4v) is 2.12. The summed E-state index contributed by atoms with van der Waals surface area (Å²) < 4.78 is 0. The molecule has 14 heavy (non-hydrogen) atoms. The maximum absolute atomic E-state index is 9.04. The van der Waals surface area contributed by atoms with Crippen molar-refractivity contribution in [1.29, 1.82) is 0 Å². The summed E-state index contributed by atoms with van der Waals surface area (Å²) in [6, 6.07) is 3.83. The Morgan fingerprint density at radius 3 is 2.64 bits per heavy atom. The van der Waals surface area contributed by atoms with E-state index in [1.54, 1.807) is 12.4 Å². The largest absolute Gasteiger partial charge is 0.391 e. The highest BCUT2D eigenvalue weighted by Crippen LogP contribution is 2.27. The van der Waals surface area contributed by atoms with Gasteiger partial charge < -0.3 is 5.11 Å². The number of aryl methyl sites for hydroxylation is 1. The van der Waals surface area contributed by atoms with Crippen LogP contribution in [0.2, 0.25) is 0 Å². The number of thiazole rings is 1. The van der Waals surface area contributed by atoms with Crippen molar-refractivity contribution in [2.45, 2.75) is 13.5 Å². The highest BCUT2D eigenvalue weighted by Gasteiger charge is 2.07. The minimum atomic E-state index is 0.0641. The van der Waals surface area contributed by atoms with Crippen molar-refractivity contribution in [2.24, 2.45) is 0 Å². The second-order valence-corrected chi connectivity index (χ2v) is 4.01. The Labute approximate surface area is 86.1 Å². The molecule has 0 amide bonds. The molecular weight excluding hydrogens is 196 g/mol. The van der Waals surface area contributed by atoms with Crippen LogP contribution >= 0.6 is 11.3 Å². The Kier molecular flexibility index (Phi) is 2.56. The molecule has 0 spiro atoms. The molecule has 4 heteroatoms. The van der Waals surface area contributed by atoms with Crippen LogP contribution in [0.5, 0.6) is 0 Å². The molecule has 0 atom stereocenters. The SMILES string of the molecule is Cc1nc(-c2ccncc2)sc1CO. The van der Waals surface area contributed by atoms with Crippen molar-refractivity contribution in [2.75, 3.05) is 0 Å². The quantitative estimate of drug-likeness (QED) is 0.817. The van der Waals surface area contributed by atoms with Crippen molar-refractivity contribution < 1.29 is 5.11 Å². The number of rotatable bonds is 2. The van der Waals surface area contributed by atoms with E-state index in [2.05, 4.69) is 9.97 Å². The van der Waals surface area contributed by atoms with Gasteiger partial charge in [-0.15, -0.1) is 11.3 Å². The third-order valence-corrected chi connectivity index (χ3v) is 3.15. The van der Waals surface area contributed by atoms with Crippen LogP contribution in [0.1, 0.15) is 10.6 Å². The molecule has 0 radical (unpaired) electrons. The molecule has 0 bridgehead atoms. The molecule has 0 saturated heterocycles. The predicted molar refractivity (Wildman–Crippen MR) is 56.0 cm³/mol. The Morgan fingerprint density at radius 1 is 1.36 bits per heavy atom. The van der Waals surface area contributed by atoms with E-state index in [4.69, 9.17) is 5.11 Å². The molecular formula is C10H10N2OS. The van der Waals surface area contributed by atoms with Crippen LogP contribution in [0.25, 0.3) is 10.6 Å². The zero-order chi connectivity index (χ0) is 9.97. The van der Waals surface area contributed by atoms with Crippen LogP contribution in [0, 0.1) is 6.92 Å². The third-order valence-electron chi connectivity index (χ3n) is 1.96. The van der Waals surface area contributed by atoms with E-state index in [1.807, 2.05) is 19.1 Å². The molecule has 3 nitrogen and oxygen atoms in total. The lowest BCUT2D eigenvalue weighted by Gasteiger charge is -1.92. The van der Waals surface area contributed by atoms with Gasteiger partial charge in [0.1, 0.15) is 5.01 Å². The van der Waals surface area contributed by atoms with Crippen LogP contribution in [0.4, 0.5) is 0 Å². The monoisotopic (exact) mass is 206 g/mol. The summed E-state index contributed by atoms with van der Waals surface area (Å²) in [7, 11) is 0. The second kappa shape index (κ2) is 3.86. The smallest absolute Gasteiger partial charge is 0.124 e. The van der Waals surface area contributed by atoms with Gasteiger partial charge in [-0.25, -0.2) is 4.98 Å². The summed E-state index contributed by atoms with van der Waals surface area (Å²) in [5.74, 6) is 0. The van der Waals surface area contributed by atoms with Crippen LogP contribution < -0.4 is 0 Å². The summed E-state index contributed by atoms with van der Waals surface area (Å²) in [5.41, 5.74) is 1.96. The average molecular weight is 206 g/mol. The number of aliphatic hydroxyl groups is 1. The molecule has 72 valence electrons. The first-order valence-corrected chi connectivity index (χ1v) is 5.10. The zero-order valence-corrected chi connectivity index (χ0v) is 8.58. The minimum absolute atomic E-state index is 0.0641. The topological polar surface area (TPSA) is 46.0 Å². The fourth-order valence-electron chi connectivity index (χ4n) is 1.19. The van der Waals surface area contributed by atoms with E-state index in [1.165, 1.54) is 11.3 Å². The zero-order valence-electron chi connectivity index (χ0n) is 7.77. The average Bonchev–Trinajstić information content (AvgIpc) is 2.61. The molecule has 0 aliphatic carbocycles. The van der Waals surface area contributed by atoms with Crippen molar-refractivity contribution in [1.82, 2.24) is 9.97 Å². The predicted octanol–water partition coefficient (Wildman–Crippen LogP) is 2.01. The molecule has 0 aliphatic heterocycles. The van der Waals surface area contributed by atoms with Gasteiger partial charge in [0.2, 0.25) is 0 Å². The van der Waals surface area contributed by atoms with E-state index in [0.29, 0.717) is 0 Å². The normalized spacial score (nSPS) is 10.4. The maximum atomic E-state index is 9.04. The van der Waals surface area contributed by atoms with E-state index in [9.17, 15) is 0 Å². The molecule has 0 aromatic carbocycles. The highest BCUT2D eigenvalue weighted by atomic mass is 32.1. The van der Waals surface area contributed by atoms with Crippen LogP contribution in [0.15, 0.2) is 24.5 Å². The summed E-state index contributed by atoms with van der Waals surface area (Å²) >= 11 is 1.52. The van der Waals surface area contributed by atoms with Crippen molar-refractivity contribution >= 4 is 11.3 Å². The molecule has 2 heterocycles. The standard InChI is InChI=1S/C10H10N2OS/c1-7-9(6-13)14-10(12-7)8-2-4-11-5-3-8/h2-5,13H,6H2,1H3. The summed E-state index contributed by atoms with van der Waals surface area (Å²) in [6.07, 6.45) is 3.48. The number of nitrogens with zero attached hydrogens (tertiary/aromatic N) is 2. The number of aromatic nitrogens is 2. The van der Waals surface area contributed by atoms with Gasteiger partial charge in [-0.3, -0.25) is 4.98 Å². The number of pyridine rings is 1. The first-order chi connectivity index (χ1) is 6.81. The van der Waals surface area contributed by atoms with Gasteiger partial charge in [0.15, 0.2) is 0 Å². The van der Waals surface area contributed by atoms with Crippen LogP contribution in [-0.4, -0.2) is 15.1 Å². The lowest BCUT2D eigenvalue weighted by Crippen LogP contribution is -1.80. The van der Waals surface area contributed by atoms with E-state index < -0.39 is 0 Å². The number of aliphatic hydroxyl groups excluding tert-OH is 1. The molecule has 2 aromatic heterocycles. The van der Waals surface area contributed by atoms with Crippen LogP contribution in [-0.2, 0) is 6.61 Å². The van der Waals surface area contributed by atoms with E-state index in [-0.39, 0.29) is 6.61 Å². The Bertz CT molecular complexity index is 425.